The molecule has 6 heteroatoms. The highest BCUT2D eigenvalue weighted by Crippen LogP contribution is 2.40. The summed E-state index contributed by atoms with van der Waals surface area (Å²) >= 11 is 0. The van der Waals surface area contributed by atoms with Gasteiger partial charge in [-0.1, -0.05) is 121 Å². The minimum atomic E-state index is 0.620. The minimum Gasteiger partial charge on any atom is -0.454 e. The van der Waals surface area contributed by atoms with Crippen molar-refractivity contribution in [2.75, 3.05) is 0 Å². The van der Waals surface area contributed by atoms with E-state index in [0.29, 0.717) is 17.5 Å². The van der Waals surface area contributed by atoms with Gasteiger partial charge in [-0.05, 0) is 35.4 Å². The predicted octanol–water partition coefficient (Wildman–Crippen LogP) is 10.0. The first-order valence-electron chi connectivity index (χ1n) is 15.4. The standard InChI is InChI=1S/C41H25N5O/c1-3-11-28(12-4-1)39-44-40(29-13-5-2-6-14-29)46-41(45-39)30-20-18-26(19-21-30)31-15-9-17-35-36(31)32-24-25-42-37(38(32)47-35)34-23-22-27-10-7-8-16-33(27)43-34/h1-25H. The summed E-state index contributed by atoms with van der Waals surface area (Å²) in [7, 11) is 0. The lowest BCUT2D eigenvalue weighted by Gasteiger charge is -2.09. The van der Waals surface area contributed by atoms with E-state index in [4.69, 9.17) is 29.3 Å². The predicted molar refractivity (Wildman–Crippen MR) is 187 cm³/mol. The number of hydrogen-bond acceptors (Lipinski definition) is 6. The van der Waals surface area contributed by atoms with Gasteiger partial charge in [-0.25, -0.2) is 19.9 Å². The molecule has 0 saturated heterocycles. The molecule has 0 atom stereocenters. The maximum Gasteiger partial charge on any atom is 0.164 e. The van der Waals surface area contributed by atoms with Crippen LogP contribution in [0.15, 0.2) is 156 Å². The van der Waals surface area contributed by atoms with Crippen molar-refractivity contribution in [3.05, 3.63) is 152 Å². The van der Waals surface area contributed by atoms with Gasteiger partial charge in [-0.15, -0.1) is 0 Å². The van der Waals surface area contributed by atoms with Crippen LogP contribution in [0.4, 0.5) is 0 Å². The number of benzene rings is 5. The number of para-hydroxylation sites is 1. The molecule has 220 valence electrons. The lowest BCUT2D eigenvalue weighted by Crippen LogP contribution is -2.00. The third-order valence-corrected chi connectivity index (χ3v) is 8.41. The summed E-state index contributed by atoms with van der Waals surface area (Å²) in [6.45, 7) is 0. The Labute approximate surface area is 270 Å². The van der Waals surface area contributed by atoms with Gasteiger partial charge < -0.3 is 4.42 Å². The molecule has 0 N–H and O–H groups in total. The monoisotopic (exact) mass is 603 g/mol. The van der Waals surface area contributed by atoms with E-state index in [1.54, 1.807) is 0 Å². The Kier molecular flexibility index (Phi) is 6.35. The van der Waals surface area contributed by atoms with E-state index in [1.165, 1.54) is 0 Å². The largest absolute Gasteiger partial charge is 0.454 e. The minimum absolute atomic E-state index is 0.620. The molecular formula is C41H25N5O. The van der Waals surface area contributed by atoms with Gasteiger partial charge in [-0.3, -0.25) is 4.98 Å². The number of aromatic nitrogens is 5. The normalized spacial score (nSPS) is 11.4. The van der Waals surface area contributed by atoms with E-state index in [2.05, 4.69) is 42.5 Å². The van der Waals surface area contributed by atoms with Crippen molar-refractivity contribution < 1.29 is 4.42 Å². The Morgan fingerprint density at radius 2 is 1.06 bits per heavy atom. The van der Waals surface area contributed by atoms with Gasteiger partial charge in [-0.2, -0.15) is 0 Å². The lowest BCUT2D eigenvalue weighted by atomic mass is 9.98. The number of pyridine rings is 2. The van der Waals surface area contributed by atoms with Gasteiger partial charge in [0.2, 0.25) is 0 Å². The quantitative estimate of drug-likeness (QED) is 0.195. The molecule has 0 bridgehead atoms. The zero-order valence-electron chi connectivity index (χ0n) is 25.1. The summed E-state index contributed by atoms with van der Waals surface area (Å²) in [6.07, 6.45) is 1.83. The Bertz CT molecular complexity index is 2500. The van der Waals surface area contributed by atoms with Gasteiger partial charge in [0.05, 0.1) is 11.2 Å². The van der Waals surface area contributed by atoms with Gasteiger partial charge >= 0.3 is 0 Å². The molecule has 47 heavy (non-hydrogen) atoms. The second kappa shape index (κ2) is 11.1. The fraction of sp³-hybridized carbons (Fsp3) is 0. The second-order valence-electron chi connectivity index (χ2n) is 11.3. The maximum atomic E-state index is 6.49. The molecule has 0 unspecified atom stereocenters. The summed E-state index contributed by atoms with van der Waals surface area (Å²) in [4.78, 5) is 24.2. The molecule has 4 aromatic heterocycles. The molecule has 0 aliphatic heterocycles. The van der Waals surface area contributed by atoms with Crippen molar-refractivity contribution in [3.63, 3.8) is 0 Å². The van der Waals surface area contributed by atoms with E-state index in [-0.39, 0.29) is 0 Å². The topological polar surface area (TPSA) is 77.6 Å². The van der Waals surface area contributed by atoms with Crippen LogP contribution in [0.25, 0.3) is 89.5 Å². The summed E-state index contributed by atoms with van der Waals surface area (Å²) in [5.74, 6) is 1.90. The molecule has 6 nitrogen and oxygen atoms in total. The molecular weight excluding hydrogens is 578 g/mol. The van der Waals surface area contributed by atoms with Crippen LogP contribution in [0.5, 0.6) is 0 Å². The molecule has 0 aliphatic rings. The zero-order valence-corrected chi connectivity index (χ0v) is 25.1. The summed E-state index contributed by atoms with van der Waals surface area (Å²) in [5.41, 5.74) is 8.87. The third-order valence-electron chi connectivity index (χ3n) is 8.41. The van der Waals surface area contributed by atoms with Crippen molar-refractivity contribution in [2.45, 2.75) is 0 Å². The smallest absolute Gasteiger partial charge is 0.164 e. The van der Waals surface area contributed by atoms with Crippen molar-refractivity contribution in [1.82, 2.24) is 24.9 Å². The summed E-state index contributed by atoms with van der Waals surface area (Å²) in [6, 6.07) is 48.7. The lowest BCUT2D eigenvalue weighted by molar-refractivity contribution is 0.668. The molecule has 0 spiro atoms. The SMILES string of the molecule is c1ccc(-c2nc(-c3ccccc3)nc(-c3ccc(-c4cccc5oc6c(-c7ccc8ccccc8n7)nccc6c45)cc3)n2)cc1. The van der Waals surface area contributed by atoms with Crippen LogP contribution in [0.2, 0.25) is 0 Å². The molecule has 0 saturated carbocycles. The molecule has 0 aliphatic carbocycles. The van der Waals surface area contributed by atoms with Gasteiger partial charge in [0.15, 0.2) is 23.1 Å². The molecule has 4 heterocycles. The first-order chi connectivity index (χ1) is 23.3. The Balaban J connectivity index is 1.14. The number of rotatable bonds is 5. The average Bonchev–Trinajstić information content (AvgIpc) is 3.55. The van der Waals surface area contributed by atoms with Gasteiger partial charge in [0.25, 0.3) is 0 Å². The highest BCUT2D eigenvalue weighted by Gasteiger charge is 2.18. The number of hydrogen-bond donors (Lipinski definition) is 0. The van der Waals surface area contributed by atoms with Crippen LogP contribution >= 0.6 is 0 Å². The fourth-order valence-corrected chi connectivity index (χ4v) is 6.11. The third kappa shape index (κ3) is 4.80. The summed E-state index contributed by atoms with van der Waals surface area (Å²) < 4.78 is 6.49. The van der Waals surface area contributed by atoms with Crippen LogP contribution < -0.4 is 0 Å². The van der Waals surface area contributed by atoms with Gasteiger partial charge in [0.1, 0.15) is 11.3 Å². The van der Waals surface area contributed by atoms with Crippen molar-refractivity contribution in [1.29, 1.82) is 0 Å². The average molecular weight is 604 g/mol. The van der Waals surface area contributed by atoms with Crippen molar-refractivity contribution in [2.24, 2.45) is 0 Å². The number of furan rings is 1. The molecule has 9 rings (SSSR count). The number of nitrogens with zero attached hydrogens (tertiary/aromatic N) is 5. The molecule has 9 aromatic rings. The molecule has 0 amide bonds. The second-order valence-corrected chi connectivity index (χ2v) is 11.3. The van der Waals surface area contributed by atoms with Crippen LogP contribution in [0.3, 0.4) is 0 Å². The Hall–Kier alpha value is -6.53. The maximum absolute atomic E-state index is 6.49. The van der Waals surface area contributed by atoms with Crippen LogP contribution in [-0.4, -0.2) is 24.9 Å². The van der Waals surface area contributed by atoms with Crippen LogP contribution in [-0.2, 0) is 0 Å². The van der Waals surface area contributed by atoms with Crippen LogP contribution in [0.1, 0.15) is 0 Å². The highest BCUT2D eigenvalue weighted by molar-refractivity contribution is 6.14. The van der Waals surface area contributed by atoms with Crippen LogP contribution in [0, 0.1) is 0 Å². The Morgan fingerprint density at radius 1 is 0.447 bits per heavy atom. The van der Waals surface area contributed by atoms with E-state index < -0.39 is 0 Å². The highest BCUT2D eigenvalue weighted by atomic mass is 16.3. The molecule has 0 fully saturated rings. The van der Waals surface area contributed by atoms with E-state index in [0.717, 1.165) is 72.0 Å². The molecule has 5 aromatic carbocycles. The summed E-state index contributed by atoms with van der Waals surface area (Å²) in [5, 5.41) is 3.12. The van der Waals surface area contributed by atoms with E-state index in [1.807, 2.05) is 109 Å². The van der Waals surface area contributed by atoms with Crippen molar-refractivity contribution >= 4 is 32.8 Å². The van der Waals surface area contributed by atoms with E-state index >= 15 is 0 Å². The first-order valence-corrected chi connectivity index (χ1v) is 15.4. The first kappa shape index (κ1) is 26.8. The zero-order chi connectivity index (χ0) is 31.2. The Morgan fingerprint density at radius 3 is 1.77 bits per heavy atom. The number of fused-ring (bicyclic) bond motifs is 4. The van der Waals surface area contributed by atoms with E-state index in [9.17, 15) is 0 Å². The fourth-order valence-electron chi connectivity index (χ4n) is 6.11. The molecule has 0 radical (unpaired) electrons. The van der Waals surface area contributed by atoms with Crippen molar-refractivity contribution in [3.8, 4) is 56.7 Å². The van der Waals surface area contributed by atoms with Gasteiger partial charge in [0, 0.05) is 39.0 Å².